The summed E-state index contributed by atoms with van der Waals surface area (Å²) in [5.41, 5.74) is 0. The summed E-state index contributed by atoms with van der Waals surface area (Å²) in [6, 6.07) is 2.25. The van der Waals surface area contributed by atoms with E-state index in [2.05, 4.69) is 22.2 Å². The highest BCUT2D eigenvalue weighted by molar-refractivity contribution is 5.33. The first-order chi connectivity index (χ1) is 6.36. The summed E-state index contributed by atoms with van der Waals surface area (Å²) in [5, 5.41) is 3.31. The Hall–Kier alpha value is -1.16. The summed E-state index contributed by atoms with van der Waals surface area (Å²) in [7, 11) is 0. The van der Waals surface area contributed by atoms with Crippen molar-refractivity contribution >= 4 is 5.82 Å². The van der Waals surface area contributed by atoms with Gasteiger partial charge in [0.2, 0.25) is 0 Å². The van der Waals surface area contributed by atoms with E-state index < -0.39 is 0 Å². The molecule has 2 heterocycles. The lowest BCUT2D eigenvalue weighted by Crippen LogP contribution is -2.27. The zero-order chi connectivity index (χ0) is 9.10. The molecule has 1 fully saturated rings. The number of rotatable bonds is 2. The summed E-state index contributed by atoms with van der Waals surface area (Å²) in [6.45, 7) is 2.91. The molecular formula is C9H13N3O. The maximum Gasteiger partial charge on any atom is 0.129 e. The van der Waals surface area contributed by atoms with Gasteiger partial charge in [0.05, 0.1) is 12.1 Å². The van der Waals surface area contributed by atoms with Gasteiger partial charge in [-0.1, -0.05) is 0 Å². The standard InChI is InChI=1S/C9H13N3O/c1-7-8(3-5-13-7)12-9-2-4-10-6-11-9/h2,4,6-8H,3,5H2,1H3,(H,10,11,12). The van der Waals surface area contributed by atoms with Crippen molar-refractivity contribution in [3.05, 3.63) is 18.6 Å². The molecular weight excluding hydrogens is 166 g/mol. The van der Waals surface area contributed by atoms with E-state index in [1.807, 2.05) is 6.07 Å². The highest BCUT2D eigenvalue weighted by Crippen LogP contribution is 2.16. The van der Waals surface area contributed by atoms with Crippen LogP contribution >= 0.6 is 0 Å². The van der Waals surface area contributed by atoms with E-state index in [0.29, 0.717) is 6.04 Å². The molecule has 1 aromatic rings. The number of ether oxygens (including phenoxy) is 1. The first-order valence-corrected chi connectivity index (χ1v) is 4.50. The summed E-state index contributed by atoms with van der Waals surface area (Å²) < 4.78 is 5.43. The average molecular weight is 179 g/mol. The number of hydrogen-bond acceptors (Lipinski definition) is 4. The number of nitrogens with one attached hydrogen (secondary N) is 1. The second kappa shape index (κ2) is 3.70. The first-order valence-electron chi connectivity index (χ1n) is 4.50. The quantitative estimate of drug-likeness (QED) is 0.737. The highest BCUT2D eigenvalue weighted by Gasteiger charge is 2.23. The van der Waals surface area contributed by atoms with Gasteiger partial charge in [0.1, 0.15) is 12.1 Å². The Balaban J connectivity index is 1.98. The molecule has 4 nitrogen and oxygen atoms in total. The Labute approximate surface area is 77.4 Å². The number of anilines is 1. The van der Waals surface area contributed by atoms with Gasteiger partial charge in [-0.25, -0.2) is 9.97 Å². The molecule has 0 amide bonds. The monoisotopic (exact) mass is 179 g/mol. The summed E-state index contributed by atoms with van der Waals surface area (Å²) >= 11 is 0. The Morgan fingerprint density at radius 3 is 3.15 bits per heavy atom. The van der Waals surface area contributed by atoms with Crippen LogP contribution in [0.15, 0.2) is 18.6 Å². The van der Waals surface area contributed by atoms with Crippen molar-refractivity contribution in [2.45, 2.75) is 25.5 Å². The fraction of sp³-hybridized carbons (Fsp3) is 0.556. The van der Waals surface area contributed by atoms with Crippen molar-refractivity contribution in [2.24, 2.45) is 0 Å². The lowest BCUT2D eigenvalue weighted by molar-refractivity contribution is 0.121. The summed E-state index contributed by atoms with van der Waals surface area (Å²) in [5.74, 6) is 0.873. The smallest absolute Gasteiger partial charge is 0.129 e. The van der Waals surface area contributed by atoms with Gasteiger partial charge in [0.25, 0.3) is 0 Å². The molecule has 2 atom stereocenters. The molecule has 13 heavy (non-hydrogen) atoms. The maximum atomic E-state index is 5.43. The van der Waals surface area contributed by atoms with E-state index in [4.69, 9.17) is 4.74 Å². The van der Waals surface area contributed by atoms with Gasteiger partial charge < -0.3 is 10.1 Å². The van der Waals surface area contributed by atoms with Crippen LogP contribution in [0.4, 0.5) is 5.82 Å². The second-order valence-corrected chi connectivity index (χ2v) is 3.21. The average Bonchev–Trinajstić information content (AvgIpc) is 2.54. The summed E-state index contributed by atoms with van der Waals surface area (Å²) in [4.78, 5) is 7.96. The molecule has 1 saturated heterocycles. The molecule has 0 aromatic carbocycles. The minimum atomic E-state index is 0.273. The third-order valence-corrected chi connectivity index (χ3v) is 2.29. The fourth-order valence-corrected chi connectivity index (χ4v) is 1.49. The van der Waals surface area contributed by atoms with Gasteiger partial charge in [0, 0.05) is 12.8 Å². The van der Waals surface area contributed by atoms with Crippen molar-refractivity contribution < 1.29 is 4.74 Å². The third kappa shape index (κ3) is 1.95. The molecule has 1 N–H and O–H groups in total. The lowest BCUT2D eigenvalue weighted by Gasteiger charge is -2.15. The highest BCUT2D eigenvalue weighted by atomic mass is 16.5. The Morgan fingerprint density at radius 1 is 1.62 bits per heavy atom. The van der Waals surface area contributed by atoms with Crippen molar-refractivity contribution in [3.8, 4) is 0 Å². The molecule has 0 aliphatic carbocycles. The van der Waals surface area contributed by atoms with Crippen molar-refractivity contribution in [3.63, 3.8) is 0 Å². The van der Waals surface area contributed by atoms with E-state index in [9.17, 15) is 0 Å². The van der Waals surface area contributed by atoms with Crippen LogP contribution in [0.2, 0.25) is 0 Å². The molecule has 0 radical (unpaired) electrons. The van der Waals surface area contributed by atoms with Crippen LogP contribution < -0.4 is 5.32 Å². The Bertz CT molecular complexity index is 265. The Kier molecular flexibility index (Phi) is 2.40. The van der Waals surface area contributed by atoms with Crippen molar-refractivity contribution in [1.82, 2.24) is 9.97 Å². The van der Waals surface area contributed by atoms with Crippen LogP contribution in [0.1, 0.15) is 13.3 Å². The predicted molar refractivity (Wildman–Crippen MR) is 49.5 cm³/mol. The van der Waals surface area contributed by atoms with E-state index >= 15 is 0 Å². The fourth-order valence-electron chi connectivity index (χ4n) is 1.49. The molecule has 70 valence electrons. The minimum Gasteiger partial charge on any atom is -0.376 e. The van der Waals surface area contributed by atoms with Gasteiger partial charge in [-0.2, -0.15) is 0 Å². The molecule has 0 spiro atoms. The molecule has 1 aliphatic rings. The zero-order valence-corrected chi connectivity index (χ0v) is 7.60. The first kappa shape index (κ1) is 8.44. The van der Waals surface area contributed by atoms with E-state index in [0.717, 1.165) is 18.8 Å². The number of aromatic nitrogens is 2. The molecule has 0 bridgehead atoms. The van der Waals surface area contributed by atoms with Crippen LogP contribution in [-0.4, -0.2) is 28.7 Å². The molecule has 2 unspecified atom stereocenters. The second-order valence-electron chi connectivity index (χ2n) is 3.21. The summed E-state index contributed by atoms with van der Waals surface area (Å²) in [6.07, 6.45) is 4.60. The van der Waals surface area contributed by atoms with Crippen LogP contribution in [0.3, 0.4) is 0 Å². The molecule has 2 rings (SSSR count). The topological polar surface area (TPSA) is 47.0 Å². The van der Waals surface area contributed by atoms with Crippen LogP contribution in [-0.2, 0) is 4.74 Å². The van der Waals surface area contributed by atoms with Crippen molar-refractivity contribution in [1.29, 1.82) is 0 Å². The normalized spacial score (nSPS) is 27.5. The molecule has 0 saturated carbocycles. The zero-order valence-electron chi connectivity index (χ0n) is 7.60. The van der Waals surface area contributed by atoms with Crippen LogP contribution in [0, 0.1) is 0 Å². The molecule has 1 aliphatic heterocycles. The van der Waals surface area contributed by atoms with E-state index in [-0.39, 0.29) is 6.10 Å². The largest absolute Gasteiger partial charge is 0.376 e. The van der Waals surface area contributed by atoms with Gasteiger partial charge in [-0.15, -0.1) is 0 Å². The van der Waals surface area contributed by atoms with Gasteiger partial charge >= 0.3 is 0 Å². The van der Waals surface area contributed by atoms with Crippen LogP contribution in [0.25, 0.3) is 0 Å². The van der Waals surface area contributed by atoms with Crippen molar-refractivity contribution in [2.75, 3.05) is 11.9 Å². The van der Waals surface area contributed by atoms with Gasteiger partial charge in [-0.05, 0) is 19.4 Å². The van der Waals surface area contributed by atoms with Crippen LogP contribution in [0.5, 0.6) is 0 Å². The maximum absolute atomic E-state index is 5.43. The van der Waals surface area contributed by atoms with E-state index in [1.54, 1.807) is 12.5 Å². The minimum absolute atomic E-state index is 0.273. The number of nitrogens with zero attached hydrogens (tertiary/aromatic N) is 2. The molecule has 4 heteroatoms. The number of hydrogen-bond donors (Lipinski definition) is 1. The molecule has 1 aromatic heterocycles. The van der Waals surface area contributed by atoms with Gasteiger partial charge in [0.15, 0.2) is 0 Å². The van der Waals surface area contributed by atoms with E-state index in [1.165, 1.54) is 0 Å². The Morgan fingerprint density at radius 2 is 2.54 bits per heavy atom. The predicted octanol–water partition coefficient (Wildman–Crippen LogP) is 1.07. The lowest BCUT2D eigenvalue weighted by atomic mass is 10.1. The SMILES string of the molecule is CC1OCCC1Nc1ccncn1. The third-order valence-electron chi connectivity index (χ3n) is 2.29. The van der Waals surface area contributed by atoms with Gasteiger partial charge in [-0.3, -0.25) is 0 Å².